The van der Waals surface area contributed by atoms with E-state index >= 15 is 0 Å². The molecule has 0 N–H and O–H groups in total. The van der Waals surface area contributed by atoms with E-state index in [1.807, 2.05) is 11.3 Å². The molecule has 9 rings (SSSR count). The zero-order valence-corrected chi connectivity index (χ0v) is 24.8. The number of nitrogens with zero attached hydrogens (tertiary/aromatic N) is 1. The van der Waals surface area contributed by atoms with Gasteiger partial charge in [-0.1, -0.05) is 115 Å². The van der Waals surface area contributed by atoms with Gasteiger partial charge >= 0.3 is 0 Å². The van der Waals surface area contributed by atoms with Crippen LogP contribution in [0.1, 0.15) is 0 Å². The number of hydrogen-bond donors (Lipinski definition) is 0. The Morgan fingerprint density at radius 3 is 1.80 bits per heavy atom. The van der Waals surface area contributed by atoms with Gasteiger partial charge in [0.2, 0.25) is 0 Å². The molecule has 2 heteroatoms. The molecule has 0 atom stereocenters. The third-order valence-electron chi connectivity index (χ3n) is 8.82. The van der Waals surface area contributed by atoms with E-state index in [-0.39, 0.29) is 0 Å². The second-order valence-corrected chi connectivity index (χ2v) is 12.5. The van der Waals surface area contributed by atoms with Crippen molar-refractivity contribution in [1.29, 1.82) is 0 Å². The van der Waals surface area contributed by atoms with Crippen LogP contribution in [0.3, 0.4) is 0 Å². The van der Waals surface area contributed by atoms with Crippen LogP contribution in [0.2, 0.25) is 0 Å². The number of anilines is 3. The van der Waals surface area contributed by atoms with Gasteiger partial charge in [0.25, 0.3) is 0 Å². The fraction of sp³-hybridized carbons (Fsp3) is 0. The van der Waals surface area contributed by atoms with Crippen LogP contribution >= 0.6 is 11.3 Å². The van der Waals surface area contributed by atoms with Gasteiger partial charge in [0.15, 0.2) is 0 Å². The van der Waals surface area contributed by atoms with Crippen LogP contribution in [0, 0.1) is 0 Å². The highest BCUT2D eigenvalue weighted by Gasteiger charge is 2.16. The van der Waals surface area contributed by atoms with Gasteiger partial charge in [-0.15, -0.1) is 11.3 Å². The predicted octanol–water partition coefficient (Wildman–Crippen LogP) is 12.7. The van der Waals surface area contributed by atoms with Gasteiger partial charge < -0.3 is 4.90 Å². The first-order valence-electron chi connectivity index (χ1n) is 15.0. The van der Waals surface area contributed by atoms with Crippen LogP contribution in [0.15, 0.2) is 164 Å². The normalized spacial score (nSPS) is 11.6. The summed E-state index contributed by atoms with van der Waals surface area (Å²) in [6.45, 7) is 0. The maximum Gasteiger partial charge on any atom is 0.0468 e. The summed E-state index contributed by atoms with van der Waals surface area (Å²) in [4.78, 5) is 2.40. The largest absolute Gasteiger partial charge is 0.310 e. The van der Waals surface area contributed by atoms with Crippen molar-refractivity contribution in [2.75, 3.05) is 4.90 Å². The zero-order valence-electron chi connectivity index (χ0n) is 23.9. The predicted molar refractivity (Wildman–Crippen MR) is 192 cm³/mol. The quantitative estimate of drug-likeness (QED) is 0.188. The molecule has 0 saturated carbocycles. The van der Waals surface area contributed by atoms with Gasteiger partial charge in [-0.25, -0.2) is 0 Å². The van der Waals surface area contributed by atoms with Crippen molar-refractivity contribution in [1.82, 2.24) is 0 Å². The first kappa shape index (κ1) is 25.1. The van der Waals surface area contributed by atoms with Gasteiger partial charge in [-0.3, -0.25) is 0 Å². The molecule has 8 aromatic carbocycles. The first-order chi connectivity index (χ1) is 21.8. The smallest absolute Gasteiger partial charge is 0.0468 e. The second kappa shape index (κ2) is 10.1. The fourth-order valence-electron chi connectivity index (χ4n) is 6.70. The van der Waals surface area contributed by atoms with Gasteiger partial charge in [0.1, 0.15) is 0 Å². The number of benzene rings is 8. The van der Waals surface area contributed by atoms with Gasteiger partial charge in [-0.2, -0.15) is 0 Å². The Bertz CT molecular complexity index is 2490. The van der Waals surface area contributed by atoms with Gasteiger partial charge in [0.05, 0.1) is 0 Å². The molecule has 0 radical (unpaired) electrons. The molecule has 0 saturated heterocycles. The fourth-order valence-corrected chi connectivity index (χ4v) is 7.78. The number of rotatable bonds is 4. The molecule has 0 spiro atoms. The lowest BCUT2D eigenvalue weighted by molar-refractivity contribution is 1.30. The topological polar surface area (TPSA) is 3.24 Å². The van der Waals surface area contributed by atoms with Crippen LogP contribution < -0.4 is 4.90 Å². The van der Waals surface area contributed by atoms with Crippen LogP contribution in [0.25, 0.3) is 63.6 Å². The lowest BCUT2D eigenvalue weighted by atomic mass is 9.96. The minimum absolute atomic E-state index is 1.13. The highest BCUT2D eigenvalue weighted by molar-refractivity contribution is 7.25. The lowest BCUT2D eigenvalue weighted by Gasteiger charge is -2.26. The molecule has 1 heterocycles. The maximum absolute atomic E-state index is 2.40. The zero-order chi connectivity index (χ0) is 29.0. The Kier molecular flexibility index (Phi) is 5.75. The first-order valence-corrected chi connectivity index (χ1v) is 15.8. The van der Waals surface area contributed by atoms with E-state index in [1.165, 1.54) is 63.6 Å². The molecule has 9 aromatic rings. The monoisotopic (exact) mass is 577 g/mol. The molecule has 1 nitrogen and oxygen atoms in total. The average Bonchev–Trinajstić information content (AvgIpc) is 3.47. The average molecular weight is 578 g/mol. The number of hydrogen-bond acceptors (Lipinski definition) is 2. The molecule has 0 aliphatic rings. The molecule has 0 unspecified atom stereocenters. The summed E-state index contributed by atoms with van der Waals surface area (Å²) in [7, 11) is 0. The third-order valence-corrected chi connectivity index (χ3v) is 9.97. The molecule has 0 amide bonds. The van der Waals surface area contributed by atoms with E-state index in [1.54, 1.807) is 0 Å². The van der Waals surface area contributed by atoms with Gasteiger partial charge in [-0.05, 0) is 92.0 Å². The lowest BCUT2D eigenvalue weighted by Crippen LogP contribution is -2.09. The molecule has 44 heavy (non-hydrogen) atoms. The van der Waals surface area contributed by atoms with Crippen molar-refractivity contribution in [3.63, 3.8) is 0 Å². The minimum Gasteiger partial charge on any atom is -0.310 e. The van der Waals surface area contributed by atoms with E-state index in [4.69, 9.17) is 0 Å². The Hall–Kier alpha value is -5.44. The molecule has 1 aromatic heterocycles. The van der Waals surface area contributed by atoms with Crippen molar-refractivity contribution in [2.45, 2.75) is 0 Å². The third kappa shape index (κ3) is 4.07. The van der Waals surface area contributed by atoms with E-state index < -0.39 is 0 Å². The van der Waals surface area contributed by atoms with Crippen LogP contribution in [0.4, 0.5) is 17.1 Å². The minimum atomic E-state index is 1.13. The molecular weight excluding hydrogens is 551 g/mol. The summed E-state index contributed by atoms with van der Waals surface area (Å²) in [5, 5.41) is 10.3. The van der Waals surface area contributed by atoms with Crippen molar-refractivity contribution >= 4 is 80.9 Å². The van der Waals surface area contributed by atoms with Crippen LogP contribution in [-0.2, 0) is 0 Å². The summed E-state index contributed by atoms with van der Waals surface area (Å²) in [6, 6.07) is 59.8. The van der Waals surface area contributed by atoms with Crippen molar-refractivity contribution in [3.05, 3.63) is 164 Å². The SMILES string of the molecule is c1ccc(-c2ccc(N(c3ccc4c(ccc5ccc6ccccc6c54)c3)c3ccc4sc5ccccc5c4c3)cc2)cc1. The van der Waals surface area contributed by atoms with Crippen molar-refractivity contribution in [3.8, 4) is 11.1 Å². The number of fused-ring (bicyclic) bond motifs is 8. The molecule has 0 aliphatic heterocycles. The summed E-state index contributed by atoms with van der Waals surface area (Å²) < 4.78 is 2.63. The number of thiophene rings is 1. The van der Waals surface area contributed by atoms with E-state index in [0.717, 1.165) is 17.1 Å². The maximum atomic E-state index is 2.40. The summed E-state index contributed by atoms with van der Waals surface area (Å²) in [5.74, 6) is 0. The van der Waals surface area contributed by atoms with Gasteiger partial charge in [0, 0.05) is 37.2 Å². The Morgan fingerprint density at radius 1 is 0.341 bits per heavy atom. The second-order valence-electron chi connectivity index (χ2n) is 11.4. The summed E-state index contributed by atoms with van der Waals surface area (Å²) >= 11 is 1.86. The molecule has 0 bridgehead atoms. The Labute approximate surface area is 259 Å². The molecule has 0 fully saturated rings. The van der Waals surface area contributed by atoms with Crippen molar-refractivity contribution < 1.29 is 0 Å². The highest BCUT2D eigenvalue weighted by atomic mass is 32.1. The summed E-state index contributed by atoms with van der Waals surface area (Å²) in [6.07, 6.45) is 0. The summed E-state index contributed by atoms with van der Waals surface area (Å²) in [5.41, 5.74) is 5.86. The Morgan fingerprint density at radius 2 is 0.932 bits per heavy atom. The van der Waals surface area contributed by atoms with Crippen molar-refractivity contribution in [2.24, 2.45) is 0 Å². The van der Waals surface area contributed by atoms with E-state index in [9.17, 15) is 0 Å². The molecule has 206 valence electrons. The van der Waals surface area contributed by atoms with Crippen LogP contribution in [-0.4, -0.2) is 0 Å². The van der Waals surface area contributed by atoms with Crippen LogP contribution in [0.5, 0.6) is 0 Å². The van der Waals surface area contributed by atoms with E-state index in [0.29, 0.717) is 0 Å². The van der Waals surface area contributed by atoms with E-state index in [2.05, 4.69) is 169 Å². The molecule has 0 aliphatic carbocycles. The highest BCUT2D eigenvalue weighted by Crippen LogP contribution is 2.42. The Balaban J connectivity index is 1.25. The molecular formula is C42H27NS. The standard InChI is InChI=1S/C42H27NS/c1-2-8-28(9-3-1)29-18-20-33(21-19-29)43(35-23-25-41-39(27-35)38-12-6-7-13-40(38)44-41)34-22-24-37-32(26-34)17-16-31-15-14-30-10-4-5-11-36(30)42(31)37/h1-27H.